The van der Waals surface area contributed by atoms with E-state index < -0.39 is 5.60 Å². The van der Waals surface area contributed by atoms with Crippen LogP contribution in [0, 0.1) is 11.8 Å². The minimum absolute atomic E-state index is 0.204. The zero-order chi connectivity index (χ0) is 11.2. The van der Waals surface area contributed by atoms with Gasteiger partial charge in [-0.05, 0) is 39.0 Å². The SMILES string of the molecule is CC(C)(C)OC(=O)N1C[C@@H]2C[C@H]2[C@@H]1CN. The molecule has 2 aliphatic rings. The Morgan fingerprint density at radius 1 is 1.53 bits per heavy atom. The lowest BCUT2D eigenvalue weighted by Gasteiger charge is -2.29. The Morgan fingerprint density at radius 3 is 2.73 bits per heavy atom. The number of piperidine rings is 1. The largest absolute Gasteiger partial charge is 0.444 e. The molecule has 2 fully saturated rings. The number of likely N-dealkylation sites (tertiary alicyclic amines) is 1. The second-order valence-electron chi connectivity index (χ2n) is 5.60. The second-order valence-corrected chi connectivity index (χ2v) is 5.60. The van der Waals surface area contributed by atoms with E-state index in [1.54, 1.807) is 0 Å². The Kier molecular flexibility index (Phi) is 2.41. The number of nitrogens with two attached hydrogens (primary N) is 1. The summed E-state index contributed by atoms with van der Waals surface area (Å²) in [5, 5.41) is 0. The normalized spacial score (nSPS) is 33.9. The van der Waals surface area contributed by atoms with Gasteiger partial charge in [0.15, 0.2) is 0 Å². The zero-order valence-electron chi connectivity index (χ0n) is 9.69. The average molecular weight is 212 g/mol. The van der Waals surface area contributed by atoms with Gasteiger partial charge in [-0.3, -0.25) is 0 Å². The van der Waals surface area contributed by atoms with Gasteiger partial charge < -0.3 is 15.4 Å². The van der Waals surface area contributed by atoms with E-state index in [2.05, 4.69) is 0 Å². The first-order valence-corrected chi connectivity index (χ1v) is 5.62. The fraction of sp³-hybridized carbons (Fsp3) is 0.909. The van der Waals surface area contributed by atoms with Crippen LogP contribution in [0.4, 0.5) is 4.79 Å². The Hall–Kier alpha value is -0.770. The Balaban J connectivity index is 1.96. The van der Waals surface area contributed by atoms with Gasteiger partial charge in [-0.25, -0.2) is 4.79 Å². The van der Waals surface area contributed by atoms with E-state index in [4.69, 9.17) is 10.5 Å². The predicted octanol–water partition coefficient (Wildman–Crippen LogP) is 1.20. The molecule has 3 atom stereocenters. The molecule has 0 aromatic rings. The fourth-order valence-electron chi connectivity index (χ4n) is 2.40. The number of fused-ring (bicyclic) bond motifs is 1. The minimum Gasteiger partial charge on any atom is -0.444 e. The molecule has 0 aromatic carbocycles. The summed E-state index contributed by atoms with van der Waals surface area (Å²) in [6.45, 7) is 7.05. The number of carbonyl (C=O) groups is 1. The highest BCUT2D eigenvalue weighted by molar-refractivity contribution is 5.69. The van der Waals surface area contributed by atoms with Crippen molar-refractivity contribution < 1.29 is 9.53 Å². The summed E-state index contributed by atoms with van der Waals surface area (Å²) in [6.07, 6.45) is 1.03. The van der Waals surface area contributed by atoms with Crippen LogP contribution < -0.4 is 5.73 Å². The van der Waals surface area contributed by atoms with Crippen LogP contribution >= 0.6 is 0 Å². The third-order valence-electron chi connectivity index (χ3n) is 3.17. The predicted molar refractivity (Wildman–Crippen MR) is 57.4 cm³/mol. The number of hydrogen-bond donors (Lipinski definition) is 1. The van der Waals surface area contributed by atoms with Gasteiger partial charge in [0.25, 0.3) is 0 Å². The fourth-order valence-corrected chi connectivity index (χ4v) is 2.40. The van der Waals surface area contributed by atoms with Crippen molar-refractivity contribution in [2.24, 2.45) is 17.6 Å². The highest BCUT2D eigenvalue weighted by Crippen LogP contribution is 2.49. The molecular weight excluding hydrogens is 192 g/mol. The maximum Gasteiger partial charge on any atom is 0.410 e. The van der Waals surface area contributed by atoms with Crippen molar-refractivity contribution in [3.63, 3.8) is 0 Å². The minimum atomic E-state index is -0.414. The van der Waals surface area contributed by atoms with E-state index in [0.29, 0.717) is 18.4 Å². The van der Waals surface area contributed by atoms with Gasteiger partial charge >= 0.3 is 6.09 Å². The van der Waals surface area contributed by atoms with Gasteiger partial charge in [0.1, 0.15) is 5.60 Å². The number of rotatable bonds is 1. The number of ether oxygens (including phenoxy) is 1. The lowest BCUT2D eigenvalue weighted by molar-refractivity contribution is 0.0200. The standard InChI is InChI=1S/C11H20N2O2/c1-11(2,3)15-10(14)13-6-7-4-8(7)9(13)5-12/h7-9H,4-6,12H2,1-3H3/t7-,8+,9-/m0/s1. The Morgan fingerprint density at radius 2 is 2.20 bits per heavy atom. The van der Waals surface area contributed by atoms with Crippen LogP contribution in [0.15, 0.2) is 0 Å². The molecule has 0 bridgehead atoms. The maximum absolute atomic E-state index is 11.8. The van der Waals surface area contributed by atoms with Crippen molar-refractivity contribution in [3.05, 3.63) is 0 Å². The molecule has 0 aromatic heterocycles. The molecule has 2 rings (SSSR count). The lowest BCUT2D eigenvalue weighted by atomic mass is 10.2. The van der Waals surface area contributed by atoms with E-state index in [0.717, 1.165) is 6.54 Å². The quantitative estimate of drug-likeness (QED) is 0.710. The van der Waals surface area contributed by atoms with Crippen molar-refractivity contribution in [1.82, 2.24) is 4.90 Å². The number of carbonyl (C=O) groups excluding carboxylic acids is 1. The van der Waals surface area contributed by atoms with Crippen LogP contribution in [0.1, 0.15) is 27.2 Å². The van der Waals surface area contributed by atoms with Crippen LogP contribution in [-0.2, 0) is 4.74 Å². The molecule has 15 heavy (non-hydrogen) atoms. The number of nitrogens with zero attached hydrogens (tertiary/aromatic N) is 1. The van der Waals surface area contributed by atoms with Gasteiger partial charge in [0.05, 0.1) is 6.04 Å². The van der Waals surface area contributed by atoms with Crippen molar-refractivity contribution in [2.45, 2.75) is 38.8 Å². The van der Waals surface area contributed by atoms with Crippen LogP contribution in [0.2, 0.25) is 0 Å². The highest BCUT2D eigenvalue weighted by atomic mass is 16.6. The molecule has 1 saturated carbocycles. The van der Waals surface area contributed by atoms with Crippen molar-refractivity contribution in [1.29, 1.82) is 0 Å². The number of amides is 1. The van der Waals surface area contributed by atoms with E-state index in [9.17, 15) is 4.79 Å². The summed E-state index contributed by atoms with van der Waals surface area (Å²) in [5.74, 6) is 1.33. The molecule has 4 heteroatoms. The van der Waals surface area contributed by atoms with Crippen molar-refractivity contribution in [3.8, 4) is 0 Å². The molecule has 0 spiro atoms. The van der Waals surface area contributed by atoms with Crippen molar-refractivity contribution in [2.75, 3.05) is 13.1 Å². The second kappa shape index (κ2) is 3.37. The maximum atomic E-state index is 11.8. The summed E-state index contributed by atoms with van der Waals surface area (Å²) in [4.78, 5) is 13.7. The van der Waals surface area contributed by atoms with Crippen LogP contribution in [0.25, 0.3) is 0 Å². The summed E-state index contributed by atoms with van der Waals surface area (Å²) in [5.41, 5.74) is 5.28. The average Bonchev–Trinajstić information content (AvgIpc) is 2.75. The van der Waals surface area contributed by atoms with Gasteiger partial charge in [-0.15, -0.1) is 0 Å². The molecule has 2 N–H and O–H groups in total. The monoisotopic (exact) mass is 212 g/mol. The first-order chi connectivity index (χ1) is 6.92. The van der Waals surface area contributed by atoms with Gasteiger partial charge in [-0.2, -0.15) is 0 Å². The van der Waals surface area contributed by atoms with E-state index in [1.807, 2.05) is 25.7 Å². The summed E-state index contributed by atoms with van der Waals surface area (Å²) in [7, 11) is 0. The van der Waals surface area contributed by atoms with Gasteiger partial charge in [0, 0.05) is 13.1 Å². The molecule has 1 aliphatic heterocycles. The van der Waals surface area contributed by atoms with Crippen LogP contribution in [0.5, 0.6) is 0 Å². The zero-order valence-corrected chi connectivity index (χ0v) is 9.69. The first-order valence-electron chi connectivity index (χ1n) is 5.62. The number of hydrogen-bond acceptors (Lipinski definition) is 3. The lowest BCUT2D eigenvalue weighted by Crippen LogP contribution is -2.45. The molecule has 0 unspecified atom stereocenters. The Bertz CT molecular complexity index is 272. The van der Waals surface area contributed by atoms with Gasteiger partial charge in [-0.1, -0.05) is 0 Å². The van der Waals surface area contributed by atoms with Gasteiger partial charge in [0.2, 0.25) is 0 Å². The molecule has 1 aliphatic carbocycles. The smallest absolute Gasteiger partial charge is 0.410 e. The van der Waals surface area contributed by atoms with E-state index in [1.165, 1.54) is 6.42 Å². The Labute approximate surface area is 90.8 Å². The molecular formula is C11H20N2O2. The molecule has 4 nitrogen and oxygen atoms in total. The van der Waals surface area contributed by atoms with Crippen LogP contribution in [-0.4, -0.2) is 35.7 Å². The molecule has 86 valence electrons. The van der Waals surface area contributed by atoms with E-state index in [-0.39, 0.29) is 12.1 Å². The topological polar surface area (TPSA) is 55.6 Å². The van der Waals surface area contributed by atoms with E-state index >= 15 is 0 Å². The first kappa shape index (κ1) is 10.7. The molecule has 1 amide bonds. The van der Waals surface area contributed by atoms with Crippen molar-refractivity contribution >= 4 is 6.09 Å². The summed E-state index contributed by atoms with van der Waals surface area (Å²) >= 11 is 0. The molecule has 1 heterocycles. The summed E-state index contributed by atoms with van der Waals surface area (Å²) in [6, 6.07) is 0.213. The summed E-state index contributed by atoms with van der Waals surface area (Å²) < 4.78 is 5.35. The third-order valence-corrected chi connectivity index (χ3v) is 3.17. The molecule has 0 radical (unpaired) electrons. The highest BCUT2D eigenvalue weighted by Gasteiger charge is 2.54. The molecule has 1 saturated heterocycles. The third kappa shape index (κ3) is 2.09. The van der Waals surface area contributed by atoms with Crippen LogP contribution in [0.3, 0.4) is 0 Å².